The molecule has 1 rings (SSSR count). The maximum Gasteiger partial charge on any atom is 0.324 e. The fourth-order valence-electron chi connectivity index (χ4n) is 2.25. The van der Waals surface area contributed by atoms with Crippen LogP contribution in [0.2, 0.25) is 0 Å². The number of unbranched alkanes of at least 4 members (excludes halogenated alkanes) is 4. The highest BCUT2D eigenvalue weighted by atomic mass is 16.5. The number of cyclic esters (lactones) is 1. The lowest BCUT2D eigenvalue weighted by molar-refractivity contribution is -0.145. The Hall–Kier alpha value is -1.50. The van der Waals surface area contributed by atoms with E-state index in [4.69, 9.17) is 4.74 Å². The van der Waals surface area contributed by atoms with Gasteiger partial charge in [-0.05, 0) is 12.8 Å². The summed E-state index contributed by atoms with van der Waals surface area (Å²) >= 11 is 0. The minimum atomic E-state index is -0.793. The van der Waals surface area contributed by atoms with Crippen molar-refractivity contribution in [2.24, 2.45) is 5.41 Å². The summed E-state index contributed by atoms with van der Waals surface area (Å²) in [6.07, 6.45) is 6.61. The van der Waals surface area contributed by atoms with Crippen LogP contribution in [0.3, 0.4) is 0 Å². The largest absolute Gasteiger partial charge is 0.469 e. The van der Waals surface area contributed by atoms with Crippen molar-refractivity contribution >= 4 is 11.9 Å². The number of ether oxygens (including phenoxy) is 2. The molecule has 0 N–H and O–H groups in total. The minimum Gasteiger partial charge on any atom is -0.469 e. The van der Waals surface area contributed by atoms with E-state index in [2.05, 4.69) is 23.5 Å². The van der Waals surface area contributed by atoms with Crippen molar-refractivity contribution in [3.05, 3.63) is 0 Å². The molecule has 1 aliphatic heterocycles. The highest BCUT2D eigenvalue weighted by molar-refractivity contribution is 5.83. The first-order valence-corrected chi connectivity index (χ1v) is 7.38. The van der Waals surface area contributed by atoms with Crippen molar-refractivity contribution in [2.75, 3.05) is 13.7 Å². The number of rotatable bonds is 7. The van der Waals surface area contributed by atoms with Gasteiger partial charge >= 0.3 is 11.9 Å². The van der Waals surface area contributed by atoms with Gasteiger partial charge in [0, 0.05) is 19.3 Å². The molecule has 0 aromatic carbocycles. The van der Waals surface area contributed by atoms with E-state index in [1.54, 1.807) is 0 Å². The Bertz CT molecular complexity index is 391. The molecule has 0 aromatic heterocycles. The standard InChI is InChI=1S/C16H24O4/c1-3-4-5-6-7-8-10-16(11-9-14(17)19-2)12-13-20-15(16)18/h3-7,9,11-13H2,1-2H3. The van der Waals surface area contributed by atoms with E-state index >= 15 is 0 Å². The first-order valence-electron chi connectivity index (χ1n) is 7.38. The maximum atomic E-state index is 11.9. The molecule has 0 aliphatic carbocycles. The summed E-state index contributed by atoms with van der Waals surface area (Å²) in [5.41, 5.74) is -0.793. The second kappa shape index (κ2) is 8.63. The molecule has 112 valence electrons. The van der Waals surface area contributed by atoms with Crippen molar-refractivity contribution in [2.45, 2.75) is 58.3 Å². The average Bonchev–Trinajstić information content (AvgIpc) is 2.82. The third-order valence-corrected chi connectivity index (χ3v) is 3.62. The van der Waals surface area contributed by atoms with Crippen LogP contribution in [0.5, 0.6) is 0 Å². The van der Waals surface area contributed by atoms with Crippen LogP contribution in [-0.4, -0.2) is 25.7 Å². The molecule has 1 unspecified atom stereocenters. The third kappa shape index (κ3) is 4.88. The lowest BCUT2D eigenvalue weighted by Gasteiger charge is -2.16. The molecular formula is C16H24O4. The predicted molar refractivity (Wildman–Crippen MR) is 75.8 cm³/mol. The molecular weight excluding hydrogens is 256 g/mol. The topological polar surface area (TPSA) is 52.6 Å². The lowest BCUT2D eigenvalue weighted by atomic mass is 9.82. The molecule has 0 spiro atoms. The van der Waals surface area contributed by atoms with Gasteiger partial charge in [-0.3, -0.25) is 9.59 Å². The summed E-state index contributed by atoms with van der Waals surface area (Å²) in [6, 6.07) is 0. The number of methoxy groups -OCH3 is 1. The number of hydrogen-bond donors (Lipinski definition) is 0. The smallest absolute Gasteiger partial charge is 0.324 e. The van der Waals surface area contributed by atoms with Gasteiger partial charge in [-0.15, -0.1) is 5.92 Å². The molecule has 0 saturated carbocycles. The van der Waals surface area contributed by atoms with E-state index in [1.807, 2.05) is 0 Å². The van der Waals surface area contributed by atoms with Crippen LogP contribution in [0.1, 0.15) is 58.3 Å². The molecule has 4 heteroatoms. The normalized spacial score (nSPS) is 21.0. The highest BCUT2D eigenvalue weighted by Crippen LogP contribution is 2.34. The number of hydrogen-bond acceptors (Lipinski definition) is 4. The second-order valence-electron chi connectivity index (χ2n) is 5.16. The van der Waals surface area contributed by atoms with Gasteiger partial charge in [0.25, 0.3) is 0 Å². The summed E-state index contributed by atoms with van der Waals surface area (Å²) < 4.78 is 9.66. The van der Waals surface area contributed by atoms with Gasteiger partial charge in [-0.1, -0.05) is 32.1 Å². The number of esters is 2. The van der Waals surface area contributed by atoms with Crippen LogP contribution in [0.15, 0.2) is 0 Å². The Morgan fingerprint density at radius 1 is 1.40 bits per heavy atom. The van der Waals surface area contributed by atoms with Crippen molar-refractivity contribution in [1.29, 1.82) is 0 Å². The molecule has 20 heavy (non-hydrogen) atoms. The van der Waals surface area contributed by atoms with Gasteiger partial charge in [-0.2, -0.15) is 0 Å². The Labute approximate surface area is 121 Å². The van der Waals surface area contributed by atoms with Crippen LogP contribution in [0, 0.1) is 17.3 Å². The van der Waals surface area contributed by atoms with Crippen LogP contribution < -0.4 is 0 Å². The van der Waals surface area contributed by atoms with E-state index < -0.39 is 5.41 Å². The first kappa shape index (κ1) is 16.6. The monoisotopic (exact) mass is 280 g/mol. The molecule has 0 radical (unpaired) electrons. The maximum absolute atomic E-state index is 11.9. The summed E-state index contributed by atoms with van der Waals surface area (Å²) in [6.45, 7) is 2.56. The number of carbonyl (C=O) groups excluding carboxylic acids is 2. The molecule has 4 nitrogen and oxygen atoms in total. The predicted octanol–water partition coefficient (Wildman–Crippen LogP) is 2.85. The van der Waals surface area contributed by atoms with Crippen molar-refractivity contribution < 1.29 is 19.1 Å². The Morgan fingerprint density at radius 2 is 2.20 bits per heavy atom. The average molecular weight is 280 g/mol. The van der Waals surface area contributed by atoms with E-state index in [-0.39, 0.29) is 18.4 Å². The zero-order chi connectivity index (χ0) is 14.8. The van der Waals surface area contributed by atoms with Gasteiger partial charge in [-0.25, -0.2) is 0 Å². The summed E-state index contributed by atoms with van der Waals surface area (Å²) in [4.78, 5) is 23.1. The molecule has 0 bridgehead atoms. The van der Waals surface area contributed by atoms with Gasteiger partial charge in [0.15, 0.2) is 0 Å². The SMILES string of the molecule is CCCCCCC#CC1(CCC(=O)OC)CCOC1=O. The van der Waals surface area contributed by atoms with Gasteiger partial charge in [0.1, 0.15) is 5.41 Å². The van der Waals surface area contributed by atoms with Gasteiger partial charge < -0.3 is 9.47 Å². The van der Waals surface area contributed by atoms with Crippen LogP contribution in [0.25, 0.3) is 0 Å². The molecule has 1 aliphatic rings. The summed E-state index contributed by atoms with van der Waals surface area (Å²) in [7, 11) is 1.35. The quantitative estimate of drug-likeness (QED) is 0.409. The van der Waals surface area contributed by atoms with Crippen LogP contribution in [0.4, 0.5) is 0 Å². The Morgan fingerprint density at radius 3 is 2.80 bits per heavy atom. The Kier molecular flexibility index (Phi) is 7.14. The van der Waals surface area contributed by atoms with Gasteiger partial charge in [0.05, 0.1) is 13.7 Å². The molecule has 1 saturated heterocycles. The molecule has 0 aromatic rings. The molecule has 1 atom stereocenters. The van der Waals surface area contributed by atoms with Crippen molar-refractivity contribution in [3.63, 3.8) is 0 Å². The molecule has 1 heterocycles. The summed E-state index contributed by atoms with van der Waals surface area (Å²) in [5, 5.41) is 0. The van der Waals surface area contributed by atoms with E-state index in [1.165, 1.54) is 26.4 Å². The minimum absolute atomic E-state index is 0.204. The zero-order valence-electron chi connectivity index (χ0n) is 12.5. The van der Waals surface area contributed by atoms with E-state index in [9.17, 15) is 9.59 Å². The van der Waals surface area contributed by atoms with Crippen LogP contribution >= 0.6 is 0 Å². The fourth-order valence-corrected chi connectivity index (χ4v) is 2.25. The van der Waals surface area contributed by atoms with E-state index in [0.717, 1.165) is 12.8 Å². The van der Waals surface area contributed by atoms with Crippen molar-refractivity contribution in [1.82, 2.24) is 0 Å². The second-order valence-corrected chi connectivity index (χ2v) is 5.16. The highest BCUT2D eigenvalue weighted by Gasteiger charge is 2.43. The lowest BCUT2D eigenvalue weighted by Crippen LogP contribution is -2.25. The first-order chi connectivity index (χ1) is 9.64. The van der Waals surface area contributed by atoms with E-state index in [0.29, 0.717) is 19.4 Å². The summed E-state index contributed by atoms with van der Waals surface area (Å²) in [5.74, 6) is 5.56. The third-order valence-electron chi connectivity index (χ3n) is 3.62. The zero-order valence-corrected chi connectivity index (χ0v) is 12.5. The van der Waals surface area contributed by atoms with Crippen molar-refractivity contribution in [3.8, 4) is 11.8 Å². The fraction of sp³-hybridized carbons (Fsp3) is 0.750. The Balaban J connectivity index is 2.54. The van der Waals surface area contributed by atoms with Gasteiger partial charge in [0.2, 0.25) is 0 Å². The number of carbonyl (C=O) groups is 2. The molecule has 0 amide bonds. The van der Waals surface area contributed by atoms with Crippen LogP contribution in [-0.2, 0) is 19.1 Å². The molecule has 1 fully saturated rings.